The Bertz CT molecular complexity index is 518. The highest BCUT2D eigenvalue weighted by atomic mass is 35.5. The molecule has 1 rings (SSSR count). The number of aryl methyl sites for hydroxylation is 2. The van der Waals surface area contributed by atoms with Crippen LogP contribution in [0, 0.1) is 26.7 Å². The molecule has 0 spiro atoms. The lowest BCUT2D eigenvalue weighted by atomic mass is 9.99. The van der Waals surface area contributed by atoms with Gasteiger partial charge in [0.1, 0.15) is 6.10 Å². The Hall–Kier alpha value is -1.28. The first-order chi connectivity index (χ1) is 9.29. The van der Waals surface area contributed by atoms with Crippen molar-refractivity contribution in [1.29, 1.82) is 0 Å². The van der Waals surface area contributed by atoms with Gasteiger partial charge < -0.3 is 4.74 Å². The minimum atomic E-state index is -0.303. The lowest BCUT2D eigenvalue weighted by Crippen LogP contribution is -2.24. The molecule has 110 valence electrons. The highest BCUT2D eigenvalue weighted by molar-refractivity contribution is 6.32. The third-order valence-corrected chi connectivity index (χ3v) is 4.06. The molecule has 1 aromatic carbocycles. The Kier molecular flexibility index (Phi) is 5.82. The van der Waals surface area contributed by atoms with Crippen molar-refractivity contribution in [3.63, 3.8) is 0 Å². The zero-order chi connectivity index (χ0) is 15.4. The summed E-state index contributed by atoms with van der Waals surface area (Å²) < 4.78 is 5.63. The van der Waals surface area contributed by atoms with Crippen LogP contribution >= 0.6 is 11.6 Å². The second-order valence-electron chi connectivity index (χ2n) is 5.54. The first-order valence-corrected chi connectivity index (χ1v) is 7.25. The van der Waals surface area contributed by atoms with Crippen molar-refractivity contribution < 1.29 is 9.53 Å². The second kappa shape index (κ2) is 6.94. The maximum atomic E-state index is 12.4. The molecule has 0 aromatic heterocycles. The molecule has 0 saturated carbocycles. The van der Waals surface area contributed by atoms with Crippen molar-refractivity contribution in [2.75, 3.05) is 0 Å². The maximum Gasteiger partial charge on any atom is 0.339 e. The van der Waals surface area contributed by atoms with Crippen LogP contribution in [-0.4, -0.2) is 12.1 Å². The summed E-state index contributed by atoms with van der Waals surface area (Å²) in [6.07, 6.45) is 2.28. The summed E-state index contributed by atoms with van der Waals surface area (Å²) in [4.78, 5) is 12.4. The van der Waals surface area contributed by atoms with Crippen molar-refractivity contribution in [3.05, 3.63) is 46.0 Å². The fourth-order valence-electron chi connectivity index (χ4n) is 2.29. The molecule has 1 aromatic rings. The summed E-state index contributed by atoms with van der Waals surface area (Å²) >= 11 is 6.24. The van der Waals surface area contributed by atoms with Gasteiger partial charge in [-0.3, -0.25) is 0 Å². The van der Waals surface area contributed by atoms with Crippen LogP contribution < -0.4 is 0 Å². The molecule has 0 aliphatic rings. The molecule has 1 atom stereocenters. The van der Waals surface area contributed by atoms with Crippen LogP contribution in [0.1, 0.15) is 47.3 Å². The lowest BCUT2D eigenvalue weighted by molar-refractivity contribution is 0.0192. The molecule has 0 fully saturated rings. The van der Waals surface area contributed by atoms with Crippen LogP contribution in [0.3, 0.4) is 0 Å². The van der Waals surface area contributed by atoms with E-state index in [0.717, 1.165) is 16.7 Å². The molecule has 0 radical (unpaired) electrons. The standard InChI is InChI=1S/C17H23ClO2/c1-7-8-14(10(2)3)20-17(19)15-11(4)9-12(5)16(18)13(15)6/h7,9-10,14H,1,8H2,2-6H3/t14-/m0/s1. The number of hydrogen-bond acceptors (Lipinski definition) is 2. The zero-order valence-corrected chi connectivity index (χ0v) is 13.7. The van der Waals surface area contributed by atoms with Crippen molar-refractivity contribution in [3.8, 4) is 0 Å². The fraction of sp³-hybridized carbons (Fsp3) is 0.471. The SMILES string of the molecule is C=CC[C@H](OC(=O)c1c(C)cc(C)c(Cl)c1C)C(C)C. The van der Waals surface area contributed by atoms with E-state index >= 15 is 0 Å². The minimum absolute atomic E-state index is 0.154. The van der Waals surface area contributed by atoms with Gasteiger partial charge in [0.15, 0.2) is 0 Å². The van der Waals surface area contributed by atoms with Gasteiger partial charge in [-0.25, -0.2) is 4.79 Å². The van der Waals surface area contributed by atoms with Crippen LogP contribution in [0.5, 0.6) is 0 Å². The molecule has 0 N–H and O–H groups in total. The Morgan fingerprint density at radius 3 is 2.45 bits per heavy atom. The van der Waals surface area contributed by atoms with Crippen LogP contribution in [0.25, 0.3) is 0 Å². The van der Waals surface area contributed by atoms with Crippen LogP contribution in [0.15, 0.2) is 18.7 Å². The van der Waals surface area contributed by atoms with Crippen molar-refractivity contribution in [2.24, 2.45) is 5.92 Å². The zero-order valence-electron chi connectivity index (χ0n) is 12.9. The van der Waals surface area contributed by atoms with Gasteiger partial charge in [0, 0.05) is 11.4 Å². The highest BCUT2D eigenvalue weighted by Gasteiger charge is 2.22. The number of rotatable bonds is 5. The molecular weight excluding hydrogens is 272 g/mol. The number of esters is 1. The Morgan fingerprint density at radius 1 is 1.35 bits per heavy atom. The van der Waals surface area contributed by atoms with Gasteiger partial charge in [-0.05, 0) is 43.4 Å². The summed E-state index contributed by atoms with van der Waals surface area (Å²) in [6.45, 7) is 13.5. The lowest BCUT2D eigenvalue weighted by Gasteiger charge is -2.21. The summed E-state index contributed by atoms with van der Waals surface area (Å²) in [5.74, 6) is -0.0547. The number of carbonyl (C=O) groups excluding carboxylic acids is 1. The van der Waals surface area contributed by atoms with Crippen molar-refractivity contribution in [2.45, 2.75) is 47.1 Å². The summed E-state index contributed by atoms with van der Waals surface area (Å²) in [7, 11) is 0. The molecule has 0 bridgehead atoms. The average Bonchev–Trinajstić information content (AvgIpc) is 2.35. The van der Waals surface area contributed by atoms with Gasteiger partial charge in [0.25, 0.3) is 0 Å². The predicted octanol–water partition coefficient (Wildman–Crippen LogP) is 5.02. The molecule has 0 heterocycles. The fourth-order valence-corrected chi connectivity index (χ4v) is 2.44. The van der Waals surface area contributed by atoms with E-state index in [1.165, 1.54) is 0 Å². The van der Waals surface area contributed by atoms with Gasteiger partial charge in [0.2, 0.25) is 0 Å². The summed E-state index contributed by atoms with van der Waals surface area (Å²) in [5.41, 5.74) is 3.24. The van der Waals surface area contributed by atoms with E-state index in [9.17, 15) is 4.79 Å². The largest absolute Gasteiger partial charge is 0.458 e. The Labute approximate surface area is 126 Å². The first kappa shape index (κ1) is 16.8. The van der Waals surface area contributed by atoms with Crippen LogP contribution in [-0.2, 0) is 4.74 Å². The van der Waals surface area contributed by atoms with E-state index in [1.807, 2.05) is 40.7 Å². The quantitative estimate of drug-likeness (QED) is 0.563. The van der Waals surface area contributed by atoms with Gasteiger partial charge in [0.05, 0.1) is 5.56 Å². The molecule has 20 heavy (non-hydrogen) atoms. The molecule has 0 unspecified atom stereocenters. The van der Waals surface area contributed by atoms with E-state index in [2.05, 4.69) is 6.58 Å². The van der Waals surface area contributed by atoms with E-state index in [0.29, 0.717) is 17.0 Å². The molecule has 0 aliphatic heterocycles. The number of benzene rings is 1. The summed E-state index contributed by atoms with van der Waals surface area (Å²) in [5, 5.41) is 0.632. The molecule has 3 heteroatoms. The van der Waals surface area contributed by atoms with Gasteiger partial charge in [-0.1, -0.05) is 37.6 Å². The third-order valence-electron chi connectivity index (χ3n) is 3.48. The average molecular weight is 295 g/mol. The molecule has 2 nitrogen and oxygen atoms in total. The van der Waals surface area contributed by atoms with Gasteiger partial charge >= 0.3 is 5.97 Å². The highest BCUT2D eigenvalue weighted by Crippen LogP contribution is 2.28. The first-order valence-electron chi connectivity index (χ1n) is 6.87. The van der Waals surface area contributed by atoms with Crippen molar-refractivity contribution in [1.82, 2.24) is 0 Å². The smallest absolute Gasteiger partial charge is 0.339 e. The number of ether oxygens (including phenoxy) is 1. The van der Waals surface area contributed by atoms with Gasteiger partial charge in [-0.2, -0.15) is 0 Å². The van der Waals surface area contributed by atoms with E-state index < -0.39 is 0 Å². The van der Waals surface area contributed by atoms with E-state index in [1.54, 1.807) is 6.08 Å². The summed E-state index contributed by atoms with van der Waals surface area (Å²) in [6, 6.07) is 1.92. The molecule has 0 amide bonds. The number of halogens is 1. The molecular formula is C17H23ClO2. The third kappa shape index (κ3) is 3.63. The minimum Gasteiger partial charge on any atom is -0.458 e. The number of carbonyl (C=O) groups is 1. The number of hydrogen-bond donors (Lipinski definition) is 0. The van der Waals surface area contributed by atoms with E-state index in [-0.39, 0.29) is 18.0 Å². The Balaban J connectivity index is 3.09. The monoisotopic (exact) mass is 294 g/mol. The maximum absolute atomic E-state index is 12.4. The predicted molar refractivity (Wildman–Crippen MR) is 84.5 cm³/mol. The van der Waals surface area contributed by atoms with Crippen molar-refractivity contribution >= 4 is 17.6 Å². The normalized spacial score (nSPS) is 12.3. The Morgan fingerprint density at radius 2 is 1.95 bits per heavy atom. The van der Waals surface area contributed by atoms with Crippen LogP contribution in [0.4, 0.5) is 0 Å². The second-order valence-corrected chi connectivity index (χ2v) is 5.91. The van der Waals surface area contributed by atoms with Gasteiger partial charge in [-0.15, -0.1) is 6.58 Å². The molecule has 0 saturated heterocycles. The van der Waals surface area contributed by atoms with Crippen LogP contribution in [0.2, 0.25) is 5.02 Å². The molecule has 0 aliphatic carbocycles. The topological polar surface area (TPSA) is 26.3 Å². The van der Waals surface area contributed by atoms with E-state index in [4.69, 9.17) is 16.3 Å².